The molecule has 0 spiro atoms. The lowest BCUT2D eigenvalue weighted by Gasteiger charge is -1.72. The maximum atomic E-state index is 3.74. The van der Waals surface area contributed by atoms with Crippen molar-refractivity contribution < 1.29 is 0 Å². The molecule has 35 valence electrons. The van der Waals surface area contributed by atoms with Gasteiger partial charge in [-0.3, -0.25) is 0 Å². The fourth-order valence-electron chi connectivity index (χ4n) is 0.314. The lowest BCUT2D eigenvalue weighted by atomic mass is 10.6. The number of allylic oxidation sites excluding steroid dienone is 2. The molecule has 1 heterocycles. The van der Waals surface area contributed by atoms with Crippen LogP contribution in [0.1, 0.15) is 0 Å². The molecule has 1 rings (SSSR count). The molecule has 0 saturated heterocycles. The molecule has 1 aliphatic rings. The standard InChI is InChI=1S/C5H5N2/c1-2-4-7-5-6-3-1/h1-5H. The van der Waals surface area contributed by atoms with Gasteiger partial charge >= 0.3 is 0 Å². The average molecular weight is 93.1 g/mol. The zero-order chi connectivity index (χ0) is 4.95. The van der Waals surface area contributed by atoms with Crippen molar-refractivity contribution in [2.75, 3.05) is 0 Å². The summed E-state index contributed by atoms with van der Waals surface area (Å²) in [6.45, 7) is 0. The van der Waals surface area contributed by atoms with Gasteiger partial charge in [-0.15, -0.1) is 0 Å². The van der Waals surface area contributed by atoms with Crippen LogP contribution in [-0.4, -0.2) is 6.34 Å². The van der Waals surface area contributed by atoms with Crippen molar-refractivity contribution in [3.63, 3.8) is 0 Å². The molecule has 0 aromatic heterocycles. The van der Waals surface area contributed by atoms with Crippen LogP contribution in [0.5, 0.6) is 0 Å². The third-order valence-corrected chi connectivity index (χ3v) is 0.589. The molecule has 2 nitrogen and oxygen atoms in total. The van der Waals surface area contributed by atoms with E-state index in [-0.39, 0.29) is 0 Å². The lowest BCUT2D eigenvalue weighted by molar-refractivity contribution is 1.30. The van der Waals surface area contributed by atoms with Crippen LogP contribution in [0.4, 0.5) is 0 Å². The molecule has 0 aromatic rings. The number of aliphatic imine (C=N–C) groups is 1. The third-order valence-electron chi connectivity index (χ3n) is 0.589. The van der Waals surface area contributed by atoms with E-state index in [2.05, 4.69) is 10.3 Å². The van der Waals surface area contributed by atoms with Gasteiger partial charge in [0.05, 0.1) is 0 Å². The van der Waals surface area contributed by atoms with E-state index in [0.29, 0.717) is 0 Å². The van der Waals surface area contributed by atoms with Crippen LogP contribution in [0.3, 0.4) is 0 Å². The van der Waals surface area contributed by atoms with Crippen molar-refractivity contribution in [1.82, 2.24) is 5.32 Å². The summed E-state index contributed by atoms with van der Waals surface area (Å²) in [6, 6.07) is 0. The monoisotopic (exact) mass is 93.0 g/mol. The molecule has 0 amide bonds. The van der Waals surface area contributed by atoms with Crippen LogP contribution in [0.2, 0.25) is 0 Å². The zero-order valence-corrected chi connectivity index (χ0v) is 3.78. The number of hydrogen-bond donors (Lipinski definition) is 0. The van der Waals surface area contributed by atoms with E-state index in [4.69, 9.17) is 0 Å². The van der Waals surface area contributed by atoms with Crippen molar-refractivity contribution >= 4 is 6.34 Å². The Bertz CT molecular complexity index is 108. The molecule has 0 atom stereocenters. The van der Waals surface area contributed by atoms with Gasteiger partial charge in [-0.05, 0) is 12.2 Å². The van der Waals surface area contributed by atoms with Gasteiger partial charge < -0.3 is 0 Å². The van der Waals surface area contributed by atoms with Crippen molar-refractivity contribution in [1.29, 1.82) is 0 Å². The van der Waals surface area contributed by atoms with Gasteiger partial charge in [0.25, 0.3) is 0 Å². The van der Waals surface area contributed by atoms with E-state index in [0.717, 1.165) is 0 Å². The maximum absolute atomic E-state index is 3.74. The summed E-state index contributed by atoms with van der Waals surface area (Å²) in [7, 11) is 0. The summed E-state index contributed by atoms with van der Waals surface area (Å²) >= 11 is 0. The molecule has 0 aliphatic carbocycles. The summed E-state index contributed by atoms with van der Waals surface area (Å²) in [5, 5.41) is 3.74. The van der Waals surface area contributed by atoms with Gasteiger partial charge in [0.2, 0.25) is 0 Å². The SMILES string of the molecule is C1=C[N]C=NC=C1. The van der Waals surface area contributed by atoms with E-state index in [1.807, 2.05) is 12.2 Å². The molecule has 0 saturated carbocycles. The third kappa shape index (κ3) is 1.22. The Kier molecular flexibility index (Phi) is 1.28. The van der Waals surface area contributed by atoms with Gasteiger partial charge in [-0.1, -0.05) is 0 Å². The molecule has 0 bridgehead atoms. The van der Waals surface area contributed by atoms with Crippen LogP contribution in [0.15, 0.2) is 29.5 Å². The quantitative estimate of drug-likeness (QED) is 0.420. The Morgan fingerprint density at radius 2 is 1.86 bits per heavy atom. The van der Waals surface area contributed by atoms with Crippen molar-refractivity contribution in [2.24, 2.45) is 4.99 Å². The van der Waals surface area contributed by atoms with Crippen molar-refractivity contribution in [3.8, 4) is 0 Å². The Morgan fingerprint density at radius 1 is 1.00 bits per heavy atom. The lowest BCUT2D eigenvalue weighted by Crippen LogP contribution is -1.85. The van der Waals surface area contributed by atoms with E-state index in [1.165, 1.54) is 6.34 Å². The first-order chi connectivity index (χ1) is 3.50. The largest absolute Gasteiger partial charge is 0.245 e. The highest BCUT2D eigenvalue weighted by atomic mass is 14.9. The minimum Gasteiger partial charge on any atom is -0.245 e. The molecule has 0 N–H and O–H groups in total. The highest BCUT2D eigenvalue weighted by Gasteiger charge is 1.70. The van der Waals surface area contributed by atoms with Crippen molar-refractivity contribution in [3.05, 3.63) is 24.6 Å². The van der Waals surface area contributed by atoms with Crippen LogP contribution in [-0.2, 0) is 0 Å². The highest BCUT2D eigenvalue weighted by molar-refractivity contribution is 5.57. The molecule has 0 unspecified atom stereocenters. The molecule has 0 fully saturated rings. The summed E-state index contributed by atoms with van der Waals surface area (Å²) < 4.78 is 0. The summed E-state index contributed by atoms with van der Waals surface area (Å²) in [4.78, 5) is 3.74. The van der Waals surface area contributed by atoms with Gasteiger partial charge in [-0.2, -0.15) is 0 Å². The Hall–Kier alpha value is -1.05. The topological polar surface area (TPSA) is 26.5 Å². The van der Waals surface area contributed by atoms with Crippen LogP contribution >= 0.6 is 0 Å². The molecule has 1 radical (unpaired) electrons. The van der Waals surface area contributed by atoms with Crippen LogP contribution < -0.4 is 5.32 Å². The average Bonchev–Trinajstić information content (AvgIpc) is 1.90. The van der Waals surface area contributed by atoms with Crippen molar-refractivity contribution in [2.45, 2.75) is 0 Å². The van der Waals surface area contributed by atoms with E-state index < -0.39 is 0 Å². The second kappa shape index (κ2) is 2.18. The van der Waals surface area contributed by atoms with Crippen LogP contribution in [0, 0.1) is 0 Å². The second-order valence-electron chi connectivity index (χ2n) is 1.10. The van der Waals surface area contributed by atoms with E-state index in [1.54, 1.807) is 12.4 Å². The van der Waals surface area contributed by atoms with Gasteiger partial charge in [-0.25, -0.2) is 10.3 Å². The van der Waals surface area contributed by atoms with Crippen LogP contribution in [0.25, 0.3) is 0 Å². The molecule has 7 heavy (non-hydrogen) atoms. The number of hydrogen-bond acceptors (Lipinski definition) is 1. The molecule has 1 aliphatic heterocycles. The second-order valence-corrected chi connectivity index (χ2v) is 1.10. The smallest absolute Gasteiger partial charge is 0.115 e. The first-order valence-corrected chi connectivity index (χ1v) is 2.03. The first-order valence-electron chi connectivity index (χ1n) is 2.03. The van der Waals surface area contributed by atoms with E-state index >= 15 is 0 Å². The van der Waals surface area contributed by atoms with Gasteiger partial charge in [0, 0.05) is 12.4 Å². The predicted molar refractivity (Wildman–Crippen MR) is 28.9 cm³/mol. The zero-order valence-electron chi connectivity index (χ0n) is 3.78. The number of rotatable bonds is 0. The minimum absolute atomic E-state index is 1.50. The Morgan fingerprint density at radius 3 is 2.86 bits per heavy atom. The molecule has 0 aromatic carbocycles. The highest BCUT2D eigenvalue weighted by Crippen LogP contribution is 1.79. The number of nitrogens with zero attached hydrogens (tertiary/aromatic N) is 2. The van der Waals surface area contributed by atoms with Gasteiger partial charge in [0.15, 0.2) is 0 Å². The normalized spacial score (nSPS) is 16.0. The predicted octanol–water partition coefficient (Wildman–Crippen LogP) is 0.660. The summed E-state index contributed by atoms with van der Waals surface area (Å²) in [5.74, 6) is 0. The maximum Gasteiger partial charge on any atom is 0.115 e. The summed E-state index contributed by atoms with van der Waals surface area (Å²) in [5.41, 5.74) is 0. The molecular weight excluding hydrogens is 88.1 g/mol. The fraction of sp³-hybridized carbons (Fsp3) is 0. The Labute approximate surface area is 42.3 Å². The fourth-order valence-corrected chi connectivity index (χ4v) is 0.314. The summed E-state index contributed by atoms with van der Waals surface area (Å²) in [6.07, 6.45) is 8.53. The van der Waals surface area contributed by atoms with Gasteiger partial charge in [0.1, 0.15) is 6.34 Å². The van der Waals surface area contributed by atoms with E-state index in [9.17, 15) is 0 Å². The molecule has 2 heteroatoms. The Balaban J connectivity index is 2.60. The minimum atomic E-state index is 1.50. The molecular formula is C5H5N2. The first kappa shape index (κ1) is 4.12.